The largest absolute Gasteiger partial charge is 0.507 e. The molecule has 2 aromatic rings. The number of hydrogen-bond donors (Lipinski definition) is 2. The summed E-state index contributed by atoms with van der Waals surface area (Å²) in [6, 6.07) is 12.7. The van der Waals surface area contributed by atoms with E-state index < -0.39 is 0 Å². The maximum Gasteiger partial charge on any atom is 0.409 e. The van der Waals surface area contributed by atoms with Crippen LogP contribution in [0, 0.1) is 25.2 Å². The number of piperidine rings is 3. The molecule has 4 aliphatic heterocycles. The number of benzene rings is 2. The van der Waals surface area contributed by atoms with Crippen molar-refractivity contribution in [1.29, 1.82) is 0 Å². The van der Waals surface area contributed by atoms with Crippen LogP contribution in [0.2, 0.25) is 0 Å². The topological polar surface area (TPSA) is 106 Å². The SMILES string of the molecule is COC(=O)N1CCC(N2CCc3ccccc3NC2=O)CC1.Cc1cc(C[C@@H](C)C(=O)N2CCC(N3CCC(C)(C)CC3)CC2)cc(C)c1O. The van der Waals surface area contributed by atoms with E-state index in [1.165, 1.54) is 38.6 Å². The number of aryl methyl sites for hydroxylation is 2. The van der Waals surface area contributed by atoms with E-state index in [0.717, 1.165) is 74.0 Å². The number of rotatable bonds is 5. The van der Waals surface area contributed by atoms with Crippen molar-refractivity contribution in [2.45, 2.75) is 98.1 Å². The summed E-state index contributed by atoms with van der Waals surface area (Å²) < 4.78 is 4.75. The number of methoxy groups -OCH3 is 1. The number of nitrogens with zero attached hydrogens (tertiary/aromatic N) is 4. The number of fused-ring (bicyclic) bond motifs is 1. The smallest absolute Gasteiger partial charge is 0.409 e. The van der Waals surface area contributed by atoms with Crippen LogP contribution in [-0.4, -0.2) is 108 Å². The molecule has 0 saturated carbocycles. The Morgan fingerprint density at radius 2 is 1.48 bits per heavy atom. The summed E-state index contributed by atoms with van der Waals surface area (Å²) in [5.74, 6) is 0.628. The molecule has 4 heterocycles. The van der Waals surface area contributed by atoms with Gasteiger partial charge in [-0.2, -0.15) is 0 Å². The van der Waals surface area contributed by atoms with Crippen molar-refractivity contribution >= 4 is 23.7 Å². The zero-order valence-electron chi connectivity index (χ0n) is 31.2. The number of phenols is 1. The number of para-hydroxylation sites is 1. The molecule has 0 unspecified atom stereocenters. The highest BCUT2D eigenvalue weighted by molar-refractivity contribution is 5.91. The predicted octanol–water partition coefficient (Wildman–Crippen LogP) is 6.61. The fraction of sp³-hybridized carbons (Fsp3) is 0.625. The summed E-state index contributed by atoms with van der Waals surface area (Å²) in [5.41, 5.74) is 5.49. The van der Waals surface area contributed by atoms with Gasteiger partial charge in [-0.05, 0) is 112 Å². The lowest BCUT2D eigenvalue weighted by Crippen LogP contribution is -2.50. The summed E-state index contributed by atoms with van der Waals surface area (Å²) in [4.78, 5) is 45.3. The maximum atomic E-state index is 13.0. The van der Waals surface area contributed by atoms with Gasteiger partial charge in [0.2, 0.25) is 5.91 Å². The van der Waals surface area contributed by atoms with Crippen LogP contribution in [0.3, 0.4) is 0 Å². The van der Waals surface area contributed by atoms with Crippen molar-refractivity contribution in [3.63, 3.8) is 0 Å². The Hall–Kier alpha value is -3.79. The van der Waals surface area contributed by atoms with Gasteiger partial charge in [0, 0.05) is 56.4 Å². The number of carbonyl (C=O) groups is 3. The average Bonchev–Trinajstić information content (AvgIpc) is 3.28. The van der Waals surface area contributed by atoms with Crippen molar-refractivity contribution in [3.8, 4) is 5.75 Å². The van der Waals surface area contributed by atoms with Gasteiger partial charge < -0.3 is 34.8 Å². The minimum Gasteiger partial charge on any atom is -0.507 e. The molecule has 10 heteroatoms. The van der Waals surface area contributed by atoms with Crippen LogP contribution in [0.4, 0.5) is 15.3 Å². The number of hydrogen-bond acceptors (Lipinski definition) is 6. The third kappa shape index (κ3) is 9.30. The van der Waals surface area contributed by atoms with Crippen LogP contribution in [0.15, 0.2) is 36.4 Å². The molecule has 50 heavy (non-hydrogen) atoms. The van der Waals surface area contributed by atoms with E-state index in [4.69, 9.17) is 4.74 Å². The molecule has 1 atom stereocenters. The maximum absolute atomic E-state index is 13.0. The Labute approximate surface area is 299 Å². The summed E-state index contributed by atoms with van der Waals surface area (Å²) in [7, 11) is 1.40. The fourth-order valence-corrected chi connectivity index (χ4v) is 8.09. The molecule has 4 amide bonds. The van der Waals surface area contributed by atoms with Crippen LogP contribution in [0.5, 0.6) is 5.75 Å². The molecule has 0 spiro atoms. The Bertz CT molecular complexity index is 1460. The number of carbonyl (C=O) groups excluding carboxylic acids is 3. The van der Waals surface area contributed by atoms with Crippen LogP contribution in [0.1, 0.15) is 81.5 Å². The normalized spacial score (nSPS) is 20.9. The van der Waals surface area contributed by atoms with E-state index in [-0.39, 0.29) is 30.0 Å². The van der Waals surface area contributed by atoms with E-state index >= 15 is 0 Å². The van der Waals surface area contributed by atoms with E-state index in [1.807, 2.05) is 56.0 Å². The molecule has 0 radical (unpaired) electrons. The first-order valence-electron chi connectivity index (χ1n) is 18.7. The number of likely N-dealkylation sites (tertiary alicyclic amines) is 3. The highest BCUT2D eigenvalue weighted by atomic mass is 16.5. The van der Waals surface area contributed by atoms with Gasteiger partial charge in [0.05, 0.1) is 7.11 Å². The van der Waals surface area contributed by atoms with Gasteiger partial charge in [0.25, 0.3) is 0 Å². The summed E-state index contributed by atoms with van der Waals surface area (Å²) in [5, 5.41) is 13.0. The molecule has 0 aromatic heterocycles. The highest BCUT2D eigenvalue weighted by Crippen LogP contribution is 2.33. The Morgan fingerprint density at radius 3 is 2.10 bits per heavy atom. The van der Waals surface area contributed by atoms with E-state index in [2.05, 4.69) is 35.0 Å². The van der Waals surface area contributed by atoms with E-state index in [0.29, 0.717) is 36.8 Å². The molecule has 3 fully saturated rings. The summed E-state index contributed by atoms with van der Waals surface area (Å²) in [6.07, 6.45) is 7.67. The number of amides is 4. The summed E-state index contributed by atoms with van der Waals surface area (Å²) >= 11 is 0. The third-order valence-electron chi connectivity index (χ3n) is 11.4. The molecule has 6 rings (SSSR count). The van der Waals surface area contributed by atoms with Crippen LogP contribution >= 0.6 is 0 Å². The Morgan fingerprint density at radius 1 is 0.900 bits per heavy atom. The molecule has 274 valence electrons. The molecule has 0 aliphatic carbocycles. The average molecular weight is 690 g/mol. The monoisotopic (exact) mass is 689 g/mol. The molecular weight excluding hydrogens is 630 g/mol. The number of phenolic OH excluding ortho intramolecular Hbond substituents is 1. The minimum absolute atomic E-state index is 0.0179. The molecule has 3 saturated heterocycles. The standard InChI is InChI=1S/C24H38N2O2.C16H21N3O3/c1-17-14-20(15-18(2)22(17)27)16-19(3)23(28)26-10-6-21(7-11-26)25-12-8-24(4,5)9-13-25;1-22-16(21)18-9-7-13(8-10-18)19-11-6-12-4-2-3-5-14(12)17-15(19)20/h14-15,19,21,27H,6-13,16H2,1-5H3;2-5,13H,6-11H2,1H3,(H,17,20)/t19-;/m1./s1. The van der Waals surface area contributed by atoms with Gasteiger partial charge >= 0.3 is 12.1 Å². The number of ether oxygens (including phenoxy) is 1. The van der Waals surface area contributed by atoms with Crippen molar-refractivity contribution < 1.29 is 24.2 Å². The van der Waals surface area contributed by atoms with Gasteiger partial charge in [-0.1, -0.05) is 51.1 Å². The summed E-state index contributed by atoms with van der Waals surface area (Å²) in [6.45, 7) is 16.8. The first kappa shape index (κ1) is 37.5. The lowest BCUT2D eigenvalue weighted by Gasteiger charge is -2.44. The zero-order valence-corrected chi connectivity index (χ0v) is 31.2. The molecule has 4 aliphatic rings. The highest BCUT2D eigenvalue weighted by Gasteiger charge is 2.34. The van der Waals surface area contributed by atoms with E-state index in [9.17, 15) is 19.5 Å². The number of aromatic hydroxyl groups is 1. The van der Waals surface area contributed by atoms with Gasteiger partial charge in [0.1, 0.15) is 5.75 Å². The number of anilines is 1. The number of urea groups is 1. The second-order valence-corrected chi connectivity index (χ2v) is 15.7. The molecular formula is C40H59N5O5. The number of nitrogens with one attached hydrogen (secondary N) is 1. The van der Waals surface area contributed by atoms with Gasteiger partial charge in [-0.3, -0.25) is 4.79 Å². The third-order valence-corrected chi connectivity index (χ3v) is 11.4. The molecule has 2 aromatic carbocycles. The van der Waals surface area contributed by atoms with Gasteiger partial charge in [0.15, 0.2) is 0 Å². The lowest BCUT2D eigenvalue weighted by molar-refractivity contribution is -0.136. The second-order valence-electron chi connectivity index (χ2n) is 15.7. The van der Waals surface area contributed by atoms with Crippen LogP contribution in [-0.2, 0) is 22.4 Å². The fourth-order valence-electron chi connectivity index (χ4n) is 8.09. The molecule has 10 nitrogen and oxygen atoms in total. The van der Waals surface area contributed by atoms with Gasteiger partial charge in [-0.25, -0.2) is 9.59 Å². The molecule has 2 N–H and O–H groups in total. The van der Waals surface area contributed by atoms with Crippen molar-refractivity contribution in [2.75, 3.05) is 58.2 Å². The van der Waals surface area contributed by atoms with Gasteiger partial charge in [-0.15, -0.1) is 0 Å². The predicted molar refractivity (Wildman–Crippen MR) is 198 cm³/mol. The molecule has 0 bridgehead atoms. The van der Waals surface area contributed by atoms with E-state index in [1.54, 1.807) is 4.90 Å². The lowest BCUT2D eigenvalue weighted by atomic mass is 9.82. The van der Waals surface area contributed by atoms with Crippen LogP contribution in [0.25, 0.3) is 0 Å². The first-order chi connectivity index (χ1) is 23.8. The first-order valence-corrected chi connectivity index (χ1v) is 18.7. The minimum atomic E-state index is -0.286. The van der Waals surface area contributed by atoms with Crippen molar-refractivity contribution in [1.82, 2.24) is 19.6 Å². The zero-order chi connectivity index (χ0) is 36.0. The van der Waals surface area contributed by atoms with Crippen LogP contribution < -0.4 is 5.32 Å². The van der Waals surface area contributed by atoms with Crippen molar-refractivity contribution in [3.05, 3.63) is 58.7 Å². The Kier molecular flexibility index (Phi) is 12.4. The quantitative estimate of drug-likeness (QED) is 0.366. The Balaban J connectivity index is 0.000000200. The second kappa shape index (κ2) is 16.5. The van der Waals surface area contributed by atoms with Crippen molar-refractivity contribution in [2.24, 2.45) is 11.3 Å².